The van der Waals surface area contributed by atoms with Crippen molar-refractivity contribution in [2.45, 2.75) is 166 Å². The molecule has 14 nitrogen and oxygen atoms in total. The number of fused-ring (bicyclic) bond motifs is 2. The minimum Gasteiger partial charge on any atom is -0.462 e. The van der Waals surface area contributed by atoms with Crippen molar-refractivity contribution in [3.63, 3.8) is 0 Å². The summed E-state index contributed by atoms with van der Waals surface area (Å²) in [5, 5.41) is 27.7. The number of hydrogen-bond acceptors (Lipinski definition) is 14. The van der Waals surface area contributed by atoms with Crippen LogP contribution < -0.4 is 0 Å². The van der Waals surface area contributed by atoms with Crippen molar-refractivity contribution in [2.24, 2.45) is 28.8 Å². The van der Waals surface area contributed by atoms with E-state index in [9.17, 15) is 19.8 Å². The summed E-state index contributed by atoms with van der Waals surface area (Å²) in [7, 11) is 2.94. The van der Waals surface area contributed by atoms with Gasteiger partial charge in [0.05, 0.1) is 31.0 Å². The van der Waals surface area contributed by atoms with E-state index in [0.717, 1.165) is 18.4 Å². The topological polar surface area (TPSA) is 170 Å². The maximum atomic E-state index is 14.4. The third-order valence-corrected chi connectivity index (χ3v) is 14.3. The van der Waals surface area contributed by atoms with Gasteiger partial charge in [0.1, 0.15) is 43.0 Å². The Kier molecular flexibility index (Phi) is 15.4. The molecule has 2 N–H and O–H groups in total. The molecule has 4 fully saturated rings. The lowest BCUT2D eigenvalue weighted by atomic mass is 9.71. The number of aliphatic hydroxyl groups is 2. The zero-order chi connectivity index (χ0) is 45.9. The van der Waals surface area contributed by atoms with Gasteiger partial charge in [-0.3, -0.25) is 4.79 Å². The Morgan fingerprint density at radius 2 is 1.81 bits per heavy atom. The van der Waals surface area contributed by atoms with Crippen molar-refractivity contribution in [2.75, 3.05) is 20.8 Å². The number of ether oxygens (including phenoxy) is 8. The summed E-state index contributed by atoms with van der Waals surface area (Å²) >= 11 is 0. The molecule has 7 rings (SSSR count). The number of methoxy groups -OCH3 is 1. The largest absolute Gasteiger partial charge is 0.462 e. The second-order valence-corrected chi connectivity index (χ2v) is 18.8. The first-order valence-electron chi connectivity index (χ1n) is 23.1. The van der Waals surface area contributed by atoms with Crippen molar-refractivity contribution in [1.29, 1.82) is 0 Å². The molecule has 1 aliphatic carbocycles. The lowest BCUT2D eigenvalue weighted by Crippen LogP contribution is -2.58. The molecule has 4 saturated heterocycles. The van der Waals surface area contributed by atoms with Gasteiger partial charge in [0.15, 0.2) is 23.9 Å². The molecule has 6 aliphatic rings. The summed E-state index contributed by atoms with van der Waals surface area (Å²) in [5.74, 6) is -2.89. The molecule has 16 atom stereocenters. The van der Waals surface area contributed by atoms with Gasteiger partial charge >= 0.3 is 11.9 Å². The summed E-state index contributed by atoms with van der Waals surface area (Å²) in [5.41, 5.74) is 0.667. The SMILES string of the molecule is CCC(C)[C@H]1OC2(CC[C@@H]1C)C[C@@H]1C[C@@H](C/C=C(\C)[C@@H](O[C@H]3C[C@H](OC)[C@@H](OC(=O)/C(=N\OC)c4ccccc4)[C@H](C)O3)[C@@H](C)/C=C/C=C3\CO[C@@H]4[C@H](O)C(C)=C[C@@H](C(=O)O1)[C@]34O)O2. The van der Waals surface area contributed by atoms with E-state index in [1.165, 1.54) is 7.11 Å². The molecule has 0 saturated carbocycles. The molecule has 1 aromatic carbocycles. The standard InChI is InChI=1S/C50H69NO13/c1-10-28(2)44-31(5)21-22-49(64-44)26-37-24-36(63-49)20-19-30(4)43(29(3)15-14-18-35-27-58-46-42(52)32(6)23-38(47(53)60-37)50(35,46)55)61-40-25-39(56-8)45(33(7)59-40)62-48(54)41(51-57-9)34-16-12-11-13-17-34/h11-19,23,28-29,31,33,36-40,42-46,52,55H,10,20-22,24-27H2,1-9H3/b15-14+,30-19+,35-18+,51-41-/t28?,29-,31-,33-,36+,37-,38-,39-,40-,42+,43-,44+,45-,46+,49?,50+/m0/s1. The van der Waals surface area contributed by atoms with Gasteiger partial charge in [-0.25, -0.2) is 4.79 Å². The van der Waals surface area contributed by atoms with E-state index >= 15 is 0 Å². The van der Waals surface area contributed by atoms with Crippen LogP contribution in [0.15, 0.2) is 82.6 Å². The molecule has 14 heteroatoms. The van der Waals surface area contributed by atoms with Crippen LogP contribution in [-0.4, -0.2) is 121 Å². The Morgan fingerprint density at radius 1 is 1.05 bits per heavy atom. The lowest BCUT2D eigenvalue weighted by molar-refractivity contribution is -0.340. The molecular weight excluding hydrogens is 823 g/mol. The van der Waals surface area contributed by atoms with E-state index in [1.807, 2.05) is 39.0 Å². The van der Waals surface area contributed by atoms with Crippen molar-refractivity contribution < 1.29 is 62.5 Å². The van der Waals surface area contributed by atoms with Crippen LogP contribution in [-0.2, 0) is 52.3 Å². The molecule has 1 spiro atoms. The van der Waals surface area contributed by atoms with E-state index < -0.39 is 78.3 Å². The number of aliphatic hydroxyl groups excluding tert-OH is 1. The summed E-state index contributed by atoms with van der Waals surface area (Å²) < 4.78 is 51.7. The predicted molar refractivity (Wildman–Crippen MR) is 237 cm³/mol. The molecule has 1 aromatic rings. The average Bonchev–Trinajstić information content (AvgIpc) is 3.62. The Hall–Kier alpha value is -3.73. The number of carbonyl (C=O) groups excluding carboxylic acids is 2. The number of hydrogen-bond donors (Lipinski definition) is 2. The predicted octanol–water partition coefficient (Wildman–Crippen LogP) is 6.67. The summed E-state index contributed by atoms with van der Waals surface area (Å²) in [4.78, 5) is 32.9. The van der Waals surface area contributed by atoms with Crippen LogP contribution in [0, 0.1) is 23.7 Å². The zero-order valence-electron chi connectivity index (χ0n) is 38.8. The first kappa shape index (κ1) is 48.2. The smallest absolute Gasteiger partial charge is 0.361 e. The Morgan fingerprint density at radius 3 is 2.53 bits per heavy atom. The number of nitrogens with zero attached hydrogens (tertiary/aromatic N) is 1. The normalized spacial score (nSPS) is 42.2. The fourth-order valence-corrected chi connectivity index (χ4v) is 10.5. The Labute approximate surface area is 377 Å². The lowest BCUT2D eigenvalue weighted by Gasteiger charge is -2.51. The highest BCUT2D eigenvalue weighted by atomic mass is 16.7. The van der Waals surface area contributed by atoms with Gasteiger partial charge in [-0.1, -0.05) is 100.0 Å². The second kappa shape index (κ2) is 20.4. The van der Waals surface area contributed by atoms with Gasteiger partial charge < -0.3 is 52.9 Å². The number of esters is 2. The molecular formula is C50H69NO13. The number of rotatable bonds is 9. The van der Waals surface area contributed by atoms with Crippen LogP contribution in [0.4, 0.5) is 0 Å². The van der Waals surface area contributed by atoms with Crippen LogP contribution in [0.5, 0.6) is 0 Å². The van der Waals surface area contributed by atoms with E-state index in [-0.39, 0.29) is 36.9 Å². The first-order valence-corrected chi connectivity index (χ1v) is 23.1. The van der Waals surface area contributed by atoms with Crippen molar-refractivity contribution >= 4 is 17.7 Å². The number of benzene rings is 1. The quantitative estimate of drug-likeness (QED) is 0.117. The molecule has 0 radical (unpaired) electrons. The molecule has 5 heterocycles. The van der Waals surface area contributed by atoms with E-state index in [4.69, 9.17) is 42.7 Å². The number of oxime groups is 1. The van der Waals surface area contributed by atoms with E-state index in [2.05, 4.69) is 32.0 Å². The monoisotopic (exact) mass is 891 g/mol. The minimum absolute atomic E-state index is 0.0221. The van der Waals surface area contributed by atoms with Crippen LogP contribution in [0.25, 0.3) is 0 Å². The molecule has 64 heavy (non-hydrogen) atoms. The van der Waals surface area contributed by atoms with Crippen LogP contribution >= 0.6 is 0 Å². The zero-order valence-corrected chi connectivity index (χ0v) is 38.8. The maximum Gasteiger partial charge on any atom is 0.361 e. The maximum absolute atomic E-state index is 14.4. The first-order chi connectivity index (χ1) is 30.6. The molecule has 0 aromatic heterocycles. The highest BCUT2D eigenvalue weighted by Gasteiger charge is 2.60. The van der Waals surface area contributed by atoms with Gasteiger partial charge in [0.2, 0.25) is 0 Å². The molecule has 2 unspecified atom stereocenters. The van der Waals surface area contributed by atoms with E-state index in [1.54, 1.807) is 50.5 Å². The third-order valence-electron chi connectivity index (χ3n) is 14.3. The van der Waals surface area contributed by atoms with Gasteiger partial charge in [0, 0.05) is 44.3 Å². The van der Waals surface area contributed by atoms with Gasteiger partial charge in [0.25, 0.3) is 0 Å². The Balaban J connectivity index is 1.18. The fraction of sp³-hybridized carbons (Fsp3) is 0.660. The molecule has 5 aliphatic heterocycles. The van der Waals surface area contributed by atoms with Gasteiger partial charge in [-0.05, 0) is 62.2 Å². The van der Waals surface area contributed by atoms with Crippen LogP contribution in [0.3, 0.4) is 0 Å². The van der Waals surface area contributed by atoms with Gasteiger partial charge in [-0.2, -0.15) is 0 Å². The summed E-state index contributed by atoms with van der Waals surface area (Å²) in [6.45, 7) is 14.2. The third kappa shape index (κ3) is 10.00. The van der Waals surface area contributed by atoms with Crippen LogP contribution in [0.2, 0.25) is 0 Å². The highest BCUT2D eigenvalue weighted by Crippen LogP contribution is 2.48. The van der Waals surface area contributed by atoms with Crippen molar-refractivity contribution in [3.8, 4) is 0 Å². The molecule has 0 amide bonds. The Bertz CT molecular complexity index is 1960. The molecule has 2 bridgehead atoms. The molecule has 352 valence electrons. The summed E-state index contributed by atoms with van der Waals surface area (Å²) in [6, 6.07) is 8.95. The second-order valence-electron chi connectivity index (χ2n) is 18.8. The number of allylic oxidation sites excluding steroid dienone is 2. The van der Waals surface area contributed by atoms with Crippen molar-refractivity contribution in [1.82, 2.24) is 0 Å². The van der Waals surface area contributed by atoms with Crippen molar-refractivity contribution in [3.05, 3.63) is 83.0 Å². The number of carbonyl (C=O) groups is 2. The summed E-state index contributed by atoms with van der Waals surface area (Å²) in [6.07, 6.45) is 7.11. The van der Waals surface area contributed by atoms with Crippen LogP contribution in [0.1, 0.15) is 99.0 Å². The minimum atomic E-state index is -1.84. The average molecular weight is 892 g/mol. The van der Waals surface area contributed by atoms with Gasteiger partial charge in [-0.15, -0.1) is 0 Å². The highest BCUT2D eigenvalue weighted by molar-refractivity contribution is 6.43. The fourth-order valence-electron chi connectivity index (χ4n) is 10.5. The van der Waals surface area contributed by atoms with E-state index in [0.29, 0.717) is 54.2 Å².